The molecule has 3 aromatic rings. The van der Waals surface area contributed by atoms with E-state index >= 15 is 0 Å². The number of para-hydroxylation sites is 2. The number of hydrogen-bond donors (Lipinski definition) is 2. The summed E-state index contributed by atoms with van der Waals surface area (Å²) in [7, 11) is 0. The molecule has 0 aliphatic carbocycles. The van der Waals surface area contributed by atoms with Gasteiger partial charge in [-0.15, -0.1) is 0 Å². The third-order valence-electron chi connectivity index (χ3n) is 2.91. The Morgan fingerprint density at radius 3 is 2.68 bits per heavy atom. The molecule has 0 aliphatic heterocycles. The number of fused-ring (bicyclic) bond motifs is 1. The molecule has 1 amide bonds. The zero-order valence-electron chi connectivity index (χ0n) is 10.5. The summed E-state index contributed by atoms with van der Waals surface area (Å²) < 4.78 is 0. The number of aromatic amines is 1. The number of aryl methyl sites for hydroxylation is 1. The highest BCUT2D eigenvalue weighted by Crippen LogP contribution is 2.18. The van der Waals surface area contributed by atoms with Crippen LogP contribution >= 0.6 is 0 Å². The summed E-state index contributed by atoms with van der Waals surface area (Å²) in [4.78, 5) is 19.8. The fraction of sp³-hybridized carbons (Fsp3) is 0.0667. The van der Waals surface area contributed by atoms with Crippen molar-refractivity contribution in [1.29, 1.82) is 0 Å². The number of hydrogen-bond acceptors (Lipinski definition) is 2. The Balaban J connectivity index is 1.98. The van der Waals surface area contributed by atoms with Crippen molar-refractivity contribution in [2.45, 2.75) is 6.92 Å². The van der Waals surface area contributed by atoms with E-state index in [1.807, 2.05) is 49.4 Å². The van der Waals surface area contributed by atoms with Gasteiger partial charge in [-0.05, 0) is 31.2 Å². The Bertz CT molecular complexity index is 731. The summed E-state index contributed by atoms with van der Waals surface area (Å²) in [6, 6.07) is 14.9. The van der Waals surface area contributed by atoms with E-state index in [1.165, 1.54) is 0 Å². The average Bonchev–Trinajstić information content (AvgIpc) is 2.79. The van der Waals surface area contributed by atoms with Crippen molar-refractivity contribution in [2.75, 3.05) is 5.32 Å². The van der Waals surface area contributed by atoms with Crippen LogP contribution in [0.1, 0.15) is 16.2 Å². The average molecular weight is 251 g/mol. The number of aromatic nitrogens is 2. The van der Waals surface area contributed by atoms with E-state index in [0.717, 1.165) is 17.0 Å². The number of anilines is 1. The van der Waals surface area contributed by atoms with E-state index in [0.29, 0.717) is 11.1 Å². The van der Waals surface area contributed by atoms with Gasteiger partial charge in [-0.2, -0.15) is 0 Å². The Labute approximate surface area is 110 Å². The third kappa shape index (κ3) is 2.20. The molecule has 0 saturated carbocycles. The van der Waals surface area contributed by atoms with Gasteiger partial charge in [-0.1, -0.05) is 24.3 Å². The summed E-state index contributed by atoms with van der Waals surface area (Å²) in [5.74, 6) is 0.651. The molecule has 0 radical (unpaired) electrons. The van der Waals surface area contributed by atoms with Gasteiger partial charge in [0, 0.05) is 5.69 Å². The number of imidazole rings is 1. The van der Waals surface area contributed by atoms with Gasteiger partial charge in [0.15, 0.2) is 0 Å². The predicted octanol–water partition coefficient (Wildman–Crippen LogP) is 3.12. The summed E-state index contributed by atoms with van der Waals surface area (Å²) in [5, 5.41) is 2.87. The summed E-state index contributed by atoms with van der Waals surface area (Å²) >= 11 is 0. The maximum Gasteiger partial charge on any atom is 0.257 e. The first kappa shape index (κ1) is 11.5. The molecule has 0 spiro atoms. The van der Waals surface area contributed by atoms with Crippen molar-refractivity contribution in [3.05, 3.63) is 59.9 Å². The fourth-order valence-corrected chi connectivity index (χ4v) is 2.06. The minimum Gasteiger partial charge on any atom is -0.342 e. The molecule has 4 heteroatoms. The molecule has 2 N–H and O–H groups in total. The van der Waals surface area contributed by atoms with Crippen molar-refractivity contribution in [1.82, 2.24) is 9.97 Å². The Kier molecular flexibility index (Phi) is 2.76. The van der Waals surface area contributed by atoms with Crippen molar-refractivity contribution < 1.29 is 4.79 Å². The van der Waals surface area contributed by atoms with E-state index in [1.54, 1.807) is 6.07 Å². The minimum absolute atomic E-state index is 0.150. The highest BCUT2D eigenvalue weighted by atomic mass is 16.1. The van der Waals surface area contributed by atoms with Crippen LogP contribution < -0.4 is 5.32 Å². The molecular formula is C15H13N3O. The maximum atomic E-state index is 12.3. The van der Waals surface area contributed by atoms with Crippen LogP contribution in [0.3, 0.4) is 0 Å². The van der Waals surface area contributed by atoms with Gasteiger partial charge in [-0.3, -0.25) is 4.79 Å². The summed E-state index contributed by atoms with van der Waals surface area (Å²) in [5.41, 5.74) is 2.93. The quantitative estimate of drug-likeness (QED) is 0.735. The Morgan fingerprint density at radius 2 is 1.89 bits per heavy atom. The van der Waals surface area contributed by atoms with Crippen LogP contribution in [-0.2, 0) is 0 Å². The van der Waals surface area contributed by atoms with Crippen LogP contribution in [0.5, 0.6) is 0 Å². The van der Waals surface area contributed by atoms with Crippen molar-refractivity contribution in [3.63, 3.8) is 0 Å². The smallest absolute Gasteiger partial charge is 0.257 e. The number of benzene rings is 2. The van der Waals surface area contributed by atoms with Crippen LogP contribution in [0.4, 0.5) is 5.69 Å². The molecule has 0 saturated heterocycles. The van der Waals surface area contributed by atoms with Gasteiger partial charge in [0.1, 0.15) is 11.3 Å². The van der Waals surface area contributed by atoms with Gasteiger partial charge in [0.05, 0.1) is 11.1 Å². The van der Waals surface area contributed by atoms with E-state index in [2.05, 4.69) is 15.3 Å². The van der Waals surface area contributed by atoms with Gasteiger partial charge >= 0.3 is 0 Å². The standard InChI is InChI=1S/C15H13N3O/c1-10-16-13-9-5-8-12(14(13)17-10)15(19)18-11-6-3-2-4-7-11/h2-9H,1H3,(H,16,17)(H,18,19). The zero-order chi connectivity index (χ0) is 13.2. The third-order valence-corrected chi connectivity index (χ3v) is 2.91. The van der Waals surface area contributed by atoms with Gasteiger partial charge < -0.3 is 10.3 Å². The van der Waals surface area contributed by atoms with Crippen LogP contribution in [0.25, 0.3) is 11.0 Å². The molecule has 0 aliphatic rings. The van der Waals surface area contributed by atoms with Crippen molar-refractivity contribution in [2.24, 2.45) is 0 Å². The number of nitrogens with zero attached hydrogens (tertiary/aromatic N) is 1. The van der Waals surface area contributed by atoms with Crippen molar-refractivity contribution >= 4 is 22.6 Å². The topological polar surface area (TPSA) is 57.8 Å². The molecular weight excluding hydrogens is 238 g/mol. The second kappa shape index (κ2) is 4.57. The molecule has 3 rings (SSSR count). The lowest BCUT2D eigenvalue weighted by molar-refractivity contribution is 0.102. The molecule has 0 unspecified atom stereocenters. The molecule has 0 fully saturated rings. The van der Waals surface area contributed by atoms with E-state index < -0.39 is 0 Å². The van der Waals surface area contributed by atoms with Crippen LogP contribution in [0.15, 0.2) is 48.5 Å². The summed E-state index contributed by atoms with van der Waals surface area (Å²) in [6.07, 6.45) is 0. The van der Waals surface area contributed by atoms with Gasteiger partial charge in [0.25, 0.3) is 5.91 Å². The lowest BCUT2D eigenvalue weighted by Gasteiger charge is -2.05. The largest absolute Gasteiger partial charge is 0.342 e. The van der Waals surface area contributed by atoms with E-state index in [4.69, 9.17) is 0 Å². The fourth-order valence-electron chi connectivity index (χ4n) is 2.06. The molecule has 1 aromatic heterocycles. The van der Waals surface area contributed by atoms with Crippen LogP contribution in [0.2, 0.25) is 0 Å². The van der Waals surface area contributed by atoms with E-state index in [9.17, 15) is 4.79 Å². The van der Waals surface area contributed by atoms with Gasteiger partial charge in [0.2, 0.25) is 0 Å². The first-order valence-corrected chi connectivity index (χ1v) is 6.06. The lowest BCUT2D eigenvalue weighted by Crippen LogP contribution is -2.12. The molecule has 1 heterocycles. The summed E-state index contributed by atoms with van der Waals surface area (Å²) in [6.45, 7) is 1.87. The Morgan fingerprint density at radius 1 is 1.11 bits per heavy atom. The first-order chi connectivity index (χ1) is 9.24. The molecule has 0 bridgehead atoms. The van der Waals surface area contributed by atoms with E-state index in [-0.39, 0.29) is 5.91 Å². The first-order valence-electron chi connectivity index (χ1n) is 6.06. The molecule has 94 valence electrons. The van der Waals surface area contributed by atoms with Crippen LogP contribution in [-0.4, -0.2) is 15.9 Å². The molecule has 0 atom stereocenters. The number of H-pyrrole nitrogens is 1. The molecule has 19 heavy (non-hydrogen) atoms. The highest BCUT2D eigenvalue weighted by molar-refractivity contribution is 6.11. The number of carbonyl (C=O) groups is 1. The van der Waals surface area contributed by atoms with Crippen LogP contribution in [0, 0.1) is 6.92 Å². The second-order valence-electron chi connectivity index (χ2n) is 4.34. The van der Waals surface area contributed by atoms with Gasteiger partial charge in [-0.25, -0.2) is 4.98 Å². The molecule has 4 nitrogen and oxygen atoms in total. The lowest BCUT2D eigenvalue weighted by atomic mass is 10.1. The number of amides is 1. The normalized spacial score (nSPS) is 10.6. The minimum atomic E-state index is -0.150. The molecule has 2 aromatic carbocycles. The number of nitrogens with one attached hydrogen (secondary N) is 2. The monoisotopic (exact) mass is 251 g/mol. The Hall–Kier alpha value is -2.62. The second-order valence-corrected chi connectivity index (χ2v) is 4.34. The highest BCUT2D eigenvalue weighted by Gasteiger charge is 2.12. The number of rotatable bonds is 2. The number of carbonyl (C=O) groups excluding carboxylic acids is 1. The predicted molar refractivity (Wildman–Crippen MR) is 75.2 cm³/mol. The zero-order valence-corrected chi connectivity index (χ0v) is 10.5. The maximum absolute atomic E-state index is 12.3. The van der Waals surface area contributed by atoms with Crippen molar-refractivity contribution in [3.8, 4) is 0 Å². The SMILES string of the molecule is Cc1nc2c(C(=O)Nc3ccccc3)cccc2[nH]1.